The van der Waals surface area contributed by atoms with Crippen molar-refractivity contribution in [3.63, 3.8) is 0 Å². The van der Waals surface area contributed by atoms with Gasteiger partial charge >= 0.3 is 0 Å². The Labute approximate surface area is 132 Å². The Bertz CT molecular complexity index is 397. The topological polar surface area (TPSA) is 12.0 Å². The smallest absolute Gasteiger partial charge is 0.0297 e. The van der Waals surface area contributed by atoms with E-state index in [2.05, 4.69) is 59.0 Å². The van der Waals surface area contributed by atoms with Gasteiger partial charge in [0.15, 0.2) is 0 Å². The summed E-state index contributed by atoms with van der Waals surface area (Å²) in [6.45, 7) is 14.7. The molecule has 0 saturated heterocycles. The Hall–Kier alpha value is -0.820. The highest BCUT2D eigenvalue weighted by atomic mass is 14.9. The molecule has 1 nitrogen and oxygen atoms in total. The molecule has 21 heavy (non-hydrogen) atoms. The molecule has 0 spiro atoms. The first kappa shape index (κ1) is 18.2. The van der Waals surface area contributed by atoms with E-state index in [9.17, 15) is 0 Å². The van der Waals surface area contributed by atoms with Gasteiger partial charge in [-0.2, -0.15) is 0 Å². The SMILES string of the molecule is Cc1cc(C)c(C(C)NCCCCCCC(C)C)c(C)c1. The maximum absolute atomic E-state index is 3.70. The lowest BCUT2D eigenvalue weighted by atomic mass is 9.95. The normalized spacial score (nSPS) is 12.9. The molecule has 1 aromatic carbocycles. The van der Waals surface area contributed by atoms with E-state index in [1.165, 1.54) is 54.4 Å². The largest absolute Gasteiger partial charge is 0.310 e. The van der Waals surface area contributed by atoms with Crippen molar-refractivity contribution in [2.24, 2.45) is 5.92 Å². The maximum Gasteiger partial charge on any atom is 0.0297 e. The Morgan fingerprint density at radius 1 is 0.857 bits per heavy atom. The summed E-state index contributed by atoms with van der Waals surface area (Å²) < 4.78 is 0. The van der Waals surface area contributed by atoms with Crippen LogP contribution in [0, 0.1) is 26.7 Å². The van der Waals surface area contributed by atoms with Gasteiger partial charge < -0.3 is 5.32 Å². The van der Waals surface area contributed by atoms with Crippen LogP contribution >= 0.6 is 0 Å². The molecule has 0 aliphatic rings. The van der Waals surface area contributed by atoms with Gasteiger partial charge in [-0.1, -0.05) is 57.2 Å². The number of hydrogen-bond acceptors (Lipinski definition) is 1. The van der Waals surface area contributed by atoms with E-state index >= 15 is 0 Å². The van der Waals surface area contributed by atoms with Crippen LogP contribution in [0.5, 0.6) is 0 Å². The lowest BCUT2D eigenvalue weighted by Gasteiger charge is -2.20. The van der Waals surface area contributed by atoms with Gasteiger partial charge in [-0.25, -0.2) is 0 Å². The fourth-order valence-electron chi connectivity index (χ4n) is 3.33. The summed E-state index contributed by atoms with van der Waals surface area (Å²) in [7, 11) is 0. The molecule has 0 aromatic heterocycles. The third-order valence-corrected chi connectivity index (χ3v) is 4.33. The van der Waals surface area contributed by atoms with Crippen LogP contribution in [-0.2, 0) is 0 Å². The van der Waals surface area contributed by atoms with Gasteiger partial charge in [0, 0.05) is 6.04 Å². The molecule has 1 aromatic rings. The molecule has 120 valence electrons. The van der Waals surface area contributed by atoms with Crippen LogP contribution in [0.1, 0.15) is 81.2 Å². The summed E-state index contributed by atoms with van der Waals surface area (Å²) in [5.41, 5.74) is 5.69. The zero-order chi connectivity index (χ0) is 15.8. The van der Waals surface area contributed by atoms with Crippen LogP contribution in [0.15, 0.2) is 12.1 Å². The number of rotatable bonds is 9. The number of hydrogen-bond donors (Lipinski definition) is 1. The molecule has 1 N–H and O–H groups in total. The summed E-state index contributed by atoms with van der Waals surface area (Å²) in [5, 5.41) is 3.70. The number of nitrogens with one attached hydrogen (secondary N) is 1. The number of benzene rings is 1. The summed E-state index contributed by atoms with van der Waals surface area (Å²) in [6.07, 6.45) is 6.82. The third-order valence-electron chi connectivity index (χ3n) is 4.33. The predicted molar refractivity (Wildman–Crippen MR) is 95.0 cm³/mol. The molecule has 1 unspecified atom stereocenters. The molecule has 1 heteroatoms. The van der Waals surface area contributed by atoms with Crippen molar-refractivity contribution < 1.29 is 0 Å². The molecule has 0 amide bonds. The van der Waals surface area contributed by atoms with E-state index in [1.807, 2.05) is 0 Å². The van der Waals surface area contributed by atoms with Gasteiger partial charge in [0.05, 0.1) is 0 Å². The fraction of sp³-hybridized carbons (Fsp3) is 0.700. The Morgan fingerprint density at radius 2 is 1.43 bits per heavy atom. The first-order chi connectivity index (χ1) is 9.91. The van der Waals surface area contributed by atoms with Gasteiger partial charge in [0.2, 0.25) is 0 Å². The average Bonchev–Trinajstić information content (AvgIpc) is 2.35. The summed E-state index contributed by atoms with van der Waals surface area (Å²) >= 11 is 0. The predicted octanol–water partition coefficient (Wildman–Crippen LogP) is 5.87. The van der Waals surface area contributed by atoms with E-state index in [0.29, 0.717) is 6.04 Å². The highest BCUT2D eigenvalue weighted by molar-refractivity contribution is 5.39. The van der Waals surface area contributed by atoms with E-state index in [0.717, 1.165) is 12.5 Å². The van der Waals surface area contributed by atoms with E-state index in [-0.39, 0.29) is 0 Å². The third kappa shape index (κ3) is 6.65. The molecule has 0 radical (unpaired) electrons. The highest BCUT2D eigenvalue weighted by Crippen LogP contribution is 2.23. The van der Waals surface area contributed by atoms with Crippen LogP contribution in [-0.4, -0.2) is 6.54 Å². The van der Waals surface area contributed by atoms with Gasteiger partial charge in [0.25, 0.3) is 0 Å². The van der Waals surface area contributed by atoms with Crippen LogP contribution in [0.25, 0.3) is 0 Å². The molecule has 1 atom stereocenters. The first-order valence-corrected chi connectivity index (χ1v) is 8.73. The molecule has 0 aliphatic carbocycles. The van der Waals surface area contributed by atoms with E-state index in [1.54, 1.807) is 0 Å². The zero-order valence-corrected chi connectivity index (χ0v) is 15.1. The van der Waals surface area contributed by atoms with Crippen LogP contribution in [0.4, 0.5) is 0 Å². The first-order valence-electron chi connectivity index (χ1n) is 8.73. The molecular formula is C20H35N. The molecule has 1 rings (SSSR count). The van der Waals surface area contributed by atoms with Gasteiger partial charge in [0.1, 0.15) is 0 Å². The molecule has 0 heterocycles. The lowest BCUT2D eigenvalue weighted by molar-refractivity contribution is 0.497. The summed E-state index contributed by atoms with van der Waals surface area (Å²) in [5.74, 6) is 0.857. The second-order valence-electron chi connectivity index (χ2n) is 7.08. The average molecular weight is 290 g/mol. The number of aryl methyl sites for hydroxylation is 3. The highest BCUT2D eigenvalue weighted by Gasteiger charge is 2.11. The Kier molecular flexibility index (Phi) is 8.03. The minimum Gasteiger partial charge on any atom is -0.310 e. The van der Waals surface area contributed by atoms with Crippen molar-refractivity contribution in [2.45, 2.75) is 79.7 Å². The molecule has 0 fully saturated rings. The Morgan fingerprint density at radius 3 is 2.00 bits per heavy atom. The van der Waals surface area contributed by atoms with Crippen molar-refractivity contribution in [3.05, 3.63) is 34.4 Å². The van der Waals surface area contributed by atoms with Crippen molar-refractivity contribution in [2.75, 3.05) is 6.54 Å². The van der Waals surface area contributed by atoms with Crippen molar-refractivity contribution in [3.8, 4) is 0 Å². The summed E-state index contributed by atoms with van der Waals surface area (Å²) in [4.78, 5) is 0. The maximum atomic E-state index is 3.70. The number of unbranched alkanes of at least 4 members (excludes halogenated alkanes) is 3. The van der Waals surface area contributed by atoms with Gasteiger partial charge in [-0.15, -0.1) is 0 Å². The standard InChI is InChI=1S/C20H35N/c1-15(2)11-9-7-8-10-12-21-19(6)20-17(4)13-16(3)14-18(20)5/h13-15,19,21H,7-12H2,1-6H3. The van der Waals surface area contributed by atoms with Crippen molar-refractivity contribution in [1.82, 2.24) is 5.32 Å². The Balaban J connectivity index is 2.30. The summed E-state index contributed by atoms with van der Waals surface area (Å²) in [6, 6.07) is 5.06. The monoisotopic (exact) mass is 289 g/mol. The molecule has 0 saturated carbocycles. The van der Waals surface area contributed by atoms with Crippen LogP contribution in [0.3, 0.4) is 0 Å². The second-order valence-corrected chi connectivity index (χ2v) is 7.08. The van der Waals surface area contributed by atoms with E-state index in [4.69, 9.17) is 0 Å². The second kappa shape index (κ2) is 9.25. The van der Waals surface area contributed by atoms with Gasteiger partial charge in [-0.05, 0) is 63.3 Å². The van der Waals surface area contributed by atoms with Gasteiger partial charge in [-0.3, -0.25) is 0 Å². The van der Waals surface area contributed by atoms with E-state index < -0.39 is 0 Å². The lowest BCUT2D eigenvalue weighted by Crippen LogP contribution is -2.21. The fourth-order valence-corrected chi connectivity index (χ4v) is 3.33. The van der Waals surface area contributed by atoms with Crippen molar-refractivity contribution >= 4 is 0 Å². The van der Waals surface area contributed by atoms with Crippen LogP contribution < -0.4 is 5.32 Å². The zero-order valence-electron chi connectivity index (χ0n) is 15.1. The molecular weight excluding hydrogens is 254 g/mol. The minimum atomic E-state index is 0.460. The molecule has 0 aliphatic heterocycles. The van der Waals surface area contributed by atoms with Crippen molar-refractivity contribution in [1.29, 1.82) is 0 Å². The molecule has 0 bridgehead atoms. The van der Waals surface area contributed by atoms with Crippen LogP contribution in [0.2, 0.25) is 0 Å². The quantitative estimate of drug-likeness (QED) is 0.561. The minimum absolute atomic E-state index is 0.460.